The van der Waals surface area contributed by atoms with Crippen molar-refractivity contribution in [2.45, 2.75) is 18.9 Å². The minimum Gasteiger partial charge on any atom is -0.393 e. The van der Waals surface area contributed by atoms with E-state index in [-0.39, 0.29) is 6.10 Å². The maximum atomic E-state index is 11.0. The van der Waals surface area contributed by atoms with Gasteiger partial charge in [0, 0.05) is 19.8 Å². The molecule has 0 saturated heterocycles. The first-order valence-electron chi connectivity index (χ1n) is 5.82. The van der Waals surface area contributed by atoms with Crippen molar-refractivity contribution in [3.05, 3.63) is 22.8 Å². The van der Waals surface area contributed by atoms with E-state index in [2.05, 4.69) is 4.98 Å². The van der Waals surface area contributed by atoms with Crippen molar-refractivity contribution in [3.8, 4) is 0 Å². The number of hydrogen-bond acceptors (Lipinski definition) is 4. The zero-order chi connectivity index (χ0) is 13.3. The molecule has 2 rings (SSSR count). The molecule has 1 saturated carbocycles. The molecule has 0 bridgehead atoms. The summed E-state index contributed by atoms with van der Waals surface area (Å²) in [6.07, 6.45) is 2.90. The summed E-state index contributed by atoms with van der Waals surface area (Å²) in [6, 6.07) is 1.53. The molecule has 0 radical (unpaired) electrons. The van der Waals surface area contributed by atoms with Crippen LogP contribution in [0.5, 0.6) is 0 Å². The van der Waals surface area contributed by atoms with Crippen molar-refractivity contribution >= 4 is 23.3 Å². The number of carbonyl (C=O) groups is 1. The summed E-state index contributed by atoms with van der Waals surface area (Å²) < 4.78 is 0. The number of rotatable bonds is 4. The normalized spacial score (nSPS) is 22.4. The Balaban J connectivity index is 2.05. The Morgan fingerprint density at radius 2 is 2.33 bits per heavy atom. The fourth-order valence-electron chi connectivity index (χ4n) is 2.17. The number of hydrogen-bond donors (Lipinski definition) is 2. The van der Waals surface area contributed by atoms with E-state index < -0.39 is 5.91 Å². The Morgan fingerprint density at radius 1 is 1.67 bits per heavy atom. The van der Waals surface area contributed by atoms with Gasteiger partial charge in [0.05, 0.1) is 16.7 Å². The average molecular weight is 270 g/mol. The summed E-state index contributed by atoms with van der Waals surface area (Å²) in [6.45, 7) is 0.791. The van der Waals surface area contributed by atoms with Crippen molar-refractivity contribution in [1.82, 2.24) is 4.98 Å². The van der Waals surface area contributed by atoms with E-state index in [1.165, 1.54) is 12.3 Å². The summed E-state index contributed by atoms with van der Waals surface area (Å²) >= 11 is 6.08. The van der Waals surface area contributed by atoms with E-state index >= 15 is 0 Å². The lowest BCUT2D eigenvalue weighted by molar-refractivity contribution is 0.0464. The molecule has 0 aliphatic heterocycles. The van der Waals surface area contributed by atoms with Gasteiger partial charge in [-0.1, -0.05) is 11.6 Å². The minimum absolute atomic E-state index is 0.163. The largest absolute Gasteiger partial charge is 0.393 e. The van der Waals surface area contributed by atoms with E-state index in [1.807, 2.05) is 11.9 Å². The zero-order valence-corrected chi connectivity index (χ0v) is 10.9. The number of carbonyl (C=O) groups excluding carboxylic acids is 1. The van der Waals surface area contributed by atoms with Gasteiger partial charge in [0.25, 0.3) is 0 Å². The number of anilines is 1. The third-order valence-electron chi connectivity index (χ3n) is 3.21. The lowest BCUT2D eigenvalue weighted by Crippen LogP contribution is -2.37. The molecule has 1 aliphatic carbocycles. The first kappa shape index (κ1) is 13.1. The first-order chi connectivity index (χ1) is 8.47. The van der Waals surface area contributed by atoms with Crippen LogP contribution in [0, 0.1) is 5.92 Å². The Kier molecular flexibility index (Phi) is 3.73. The number of aromatic nitrogens is 1. The second-order valence-electron chi connectivity index (χ2n) is 4.77. The van der Waals surface area contributed by atoms with Crippen molar-refractivity contribution in [3.63, 3.8) is 0 Å². The standard InChI is InChI=1S/C12H16ClN3O2/c1-16(6-7-2-9(17)3-7)12-10(13)4-8(5-15-12)11(14)18/h4-5,7,9,17H,2-3,6H2,1H3,(H2,14,18). The van der Waals surface area contributed by atoms with Crippen LogP contribution in [0.25, 0.3) is 0 Å². The van der Waals surface area contributed by atoms with Gasteiger partial charge in [0.2, 0.25) is 5.91 Å². The van der Waals surface area contributed by atoms with Gasteiger partial charge < -0.3 is 15.7 Å². The molecular weight excluding hydrogens is 254 g/mol. The van der Waals surface area contributed by atoms with Crippen molar-refractivity contribution in [2.24, 2.45) is 11.7 Å². The lowest BCUT2D eigenvalue weighted by Gasteiger charge is -2.35. The Labute approximate surface area is 111 Å². The Hall–Kier alpha value is -1.33. The van der Waals surface area contributed by atoms with Gasteiger partial charge in [-0.25, -0.2) is 4.98 Å². The third kappa shape index (κ3) is 2.73. The lowest BCUT2D eigenvalue weighted by atomic mass is 9.82. The van der Waals surface area contributed by atoms with E-state index in [1.54, 1.807) is 0 Å². The summed E-state index contributed by atoms with van der Waals surface area (Å²) in [5.41, 5.74) is 5.46. The van der Waals surface area contributed by atoms with Crippen molar-refractivity contribution in [1.29, 1.82) is 0 Å². The second-order valence-corrected chi connectivity index (χ2v) is 5.17. The van der Waals surface area contributed by atoms with Gasteiger partial charge in [-0.2, -0.15) is 0 Å². The molecule has 5 nitrogen and oxygen atoms in total. The maximum Gasteiger partial charge on any atom is 0.250 e. The fraction of sp³-hybridized carbons (Fsp3) is 0.500. The van der Waals surface area contributed by atoms with E-state index in [9.17, 15) is 9.90 Å². The number of nitrogens with two attached hydrogens (primary N) is 1. The fourth-order valence-corrected chi connectivity index (χ4v) is 2.48. The highest BCUT2D eigenvalue weighted by Gasteiger charge is 2.28. The number of primary amides is 1. The highest BCUT2D eigenvalue weighted by Crippen LogP contribution is 2.30. The van der Waals surface area contributed by atoms with Gasteiger partial charge in [0.15, 0.2) is 0 Å². The van der Waals surface area contributed by atoms with Gasteiger partial charge in [0.1, 0.15) is 5.82 Å². The van der Waals surface area contributed by atoms with Gasteiger partial charge in [-0.05, 0) is 24.8 Å². The number of aliphatic hydroxyl groups is 1. The van der Waals surface area contributed by atoms with Gasteiger partial charge in [-0.3, -0.25) is 4.79 Å². The number of nitrogens with zero attached hydrogens (tertiary/aromatic N) is 2. The molecule has 0 aromatic carbocycles. The van der Waals surface area contributed by atoms with Crippen LogP contribution in [0.4, 0.5) is 5.82 Å². The summed E-state index contributed by atoms with van der Waals surface area (Å²) in [7, 11) is 1.89. The monoisotopic (exact) mass is 269 g/mol. The minimum atomic E-state index is -0.541. The van der Waals surface area contributed by atoms with Crippen LogP contribution in [0.3, 0.4) is 0 Å². The van der Waals surface area contributed by atoms with E-state index in [0.29, 0.717) is 22.3 Å². The Morgan fingerprint density at radius 3 is 2.83 bits per heavy atom. The quantitative estimate of drug-likeness (QED) is 0.856. The predicted molar refractivity (Wildman–Crippen MR) is 69.8 cm³/mol. The molecule has 1 heterocycles. The Bertz CT molecular complexity index is 461. The van der Waals surface area contributed by atoms with Crippen LogP contribution in [0.2, 0.25) is 5.02 Å². The van der Waals surface area contributed by atoms with Crippen LogP contribution >= 0.6 is 11.6 Å². The van der Waals surface area contributed by atoms with Crippen LogP contribution < -0.4 is 10.6 Å². The molecule has 6 heteroatoms. The molecule has 1 aromatic rings. The molecule has 3 N–H and O–H groups in total. The van der Waals surface area contributed by atoms with Gasteiger partial charge >= 0.3 is 0 Å². The van der Waals surface area contributed by atoms with Crippen LogP contribution in [-0.4, -0.2) is 35.7 Å². The molecule has 98 valence electrons. The topological polar surface area (TPSA) is 79.4 Å². The molecule has 1 aromatic heterocycles. The number of pyridine rings is 1. The number of amides is 1. The number of halogens is 1. The maximum absolute atomic E-state index is 11.0. The molecule has 0 unspecified atom stereocenters. The molecule has 0 atom stereocenters. The van der Waals surface area contributed by atoms with Crippen LogP contribution in [-0.2, 0) is 0 Å². The van der Waals surface area contributed by atoms with E-state index in [4.69, 9.17) is 17.3 Å². The highest BCUT2D eigenvalue weighted by molar-refractivity contribution is 6.33. The summed E-state index contributed by atoms with van der Waals surface area (Å²) in [4.78, 5) is 17.1. The highest BCUT2D eigenvalue weighted by atomic mass is 35.5. The molecule has 18 heavy (non-hydrogen) atoms. The van der Waals surface area contributed by atoms with Crippen molar-refractivity contribution in [2.75, 3.05) is 18.5 Å². The van der Waals surface area contributed by atoms with Crippen LogP contribution in [0.15, 0.2) is 12.3 Å². The van der Waals surface area contributed by atoms with Crippen molar-refractivity contribution < 1.29 is 9.90 Å². The predicted octanol–water partition coefficient (Wildman–Crippen LogP) is 1.04. The van der Waals surface area contributed by atoms with Crippen LogP contribution in [0.1, 0.15) is 23.2 Å². The molecule has 0 spiro atoms. The first-order valence-corrected chi connectivity index (χ1v) is 6.19. The molecule has 1 aliphatic rings. The molecule has 1 amide bonds. The summed E-state index contributed by atoms with van der Waals surface area (Å²) in [5.74, 6) is 0.558. The summed E-state index contributed by atoms with van der Waals surface area (Å²) in [5, 5.41) is 9.65. The SMILES string of the molecule is CN(CC1CC(O)C1)c1ncc(C(N)=O)cc1Cl. The molecule has 1 fully saturated rings. The second kappa shape index (κ2) is 5.12. The number of aliphatic hydroxyl groups excluding tert-OH is 1. The molecular formula is C12H16ClN3O2. The van der Waals surface area contributed by atoms with E-state index in [0.717, 1.165) is 19.4 Å². The smallest absolute Gasteiger partial charge is 0.250 e. The van der Waals surface area contributed by atoms with Gasteiger partial charge in [-0.15, -0.1) is 0 Å². The zero-order valence-electron chi connectivity index (χ0n) is 10.1. The third-order valence-corrected chi connectivity index (χ3v) is 3.49. The average Bonchev–Trinajstić information content (AvgIpc) is 2.26.